The predicted octanol–water partition coefficient (Wildman–Crippen LogP) is 2.36. The lowest BCUT2D eigenvalue weighted by atomic mass is 10.3. The number of nitrogens with zero attached hydrogens (tertiary/aromatic N) is 2. The van der Waals surface area contributed by atoms with E-state index in [0.717, 1.165) is 18.3 Å². The molecule has 1 fully saturated rings. The van der Waals surface area contributed by atoms with Crippen LogP contribution in [0.2, 0.25) is 0 Å². The van der Waals surface area contributed by atoms with Crippen LogP contribution in [-0.2, 0) is 0 Å². The molecule has 1 aromatic heterocycles. The summed E-state index contributed by atoms with van der Waals surface area (Å²) in [6.45, 7) is 4.48. The Bertz CT molecular complexity index is 320. The van der Waals surface area contributed by atoms with E-state index in [9.17, 15) is 0 Å². The van der Waals surface area contributed by atoms with Gasteiger partial charge in [0, 0.05) is 38.1 Å². The lowest BCUT2D eigenvalue weighted by Crippen LogP contribution is -2.25. The van der Waals surface area contributed by atoms with Crippen molar-refractivity contribution in [3.8, 4) is 0 Å². The minimum Gasteiger partial charge on any atom is -0.373 e. The van der Waals surface area contributed by atoms with Crippen LogP contribution in [0.3, 0.4) is 0 Å². The van der Waals surface area contributed by atoms with Gasteiger partial charge in [-0.25, -0.2) is 4.98 Å². The third-order valence-electron chi connectivity index (χ3n) is 2.92. The smallest absolute Gasteiger partial charge is 0.127 e. The van der Waals surface area contributed by atoms with Gasteiger partial charge in [0.1, 0.15) is 5.82 Å². The Hall–Kier alpha value is -1.25. The summed E-state index contributed by atoms with van der Waals surface area (Å²) < 4.78 is 0. The van der Waals surface area contributed by atoms with Gasteiger partial charge in [0.2, 0.25) is 0 Å². The summed E-state index contributed by atoms with van der Waals surface area (Å²) in [5.41, 5.74) is 1.28. The molecule has 82 valence electrons. The molecule has 1 N–H and O–H groups in total. The molecule has 0 amide bonds. The zero-order valence-corrected chi connectivity index (χ0v) is 9.53. The highest BCUT2D eigenvalue weighted by atomic mass is 15.1. The molecule has 15 heavy (non-hydrogen) atoms. The van der Waals surface area contributed by atoms with Crippen LogP contribution in [0, 0.1) is 5.92 Å². The van der Waals surface area contributed by atoms with Crippen molar-refractivity contribution in [1.82, 2.24) is 4.98 Å². The molecule has 0 aromatic carbocycles. The molecular formula is C12H19N3. The quantitative estimate of drug-likeness (QED) is 0.800. The Morgan fingerprint density at radius 2 is 2.33 bits per heavy atom. The number of hydrogen-bond donors (Lipinski definition) is 1. The highest BCUT2D eigenvalue weighted by molar-refractivity contribution is 5.53. The number of nitrogens with one attached hydrogen (secondary N) is 1. The monoisotopic (exact) mass is 205 g/mol. The van der Waals surface area contributed by atoms with Crippen molar-refractivity contribution >= 4 is 11.5 Å². The van der Waals surface area contributed by atoms with Crippen LogP contribution < -0.4 is 10.2 Å². The van der Waals surface area contributed by atoms with Gasteiger partial charge < -0.3 is 10.2 Å². The second kappa shape index (κ2) is 4.51. The maximum Gasteiger partial charge on any atom is 0.127 e. The molecule has 3 heteroatoms. The van der Waals surface area contributed by atoms with E-state index in [0.29, 0.717) is 0 Å². The standard InChI is InChI=1S/C12H19N3/c1-3-15(9-10-4-5-10)11-6-7-14-12(8-11)13-2/h6-8,10H,3-5,9H2,1-2H3,(H,13,14). The summed E-state index contributed by atoms with van der Waals surface area (Å²) in [5.74, 6) is 1.87. The SMILES string of the molecule is CCN(CC1CC1)c1ccnc(NC)c1. The fourth-order valence-electron chi connectivity index (χ4n) is 1.78. The molecule has 1 aliphatic rings. The molecule has 0 spiro atoms. The molecule has 0 saturated heterocycles. The second-order valence-electron chi connectivity index (χ2n) is 4.13. The number of pyridine rings is 1. The topological polar surface area (TPSA) is 28.2 Å². The van der Waals surface area contributed by atoms with Gasteiger partial charge in [-0.05, 0) is 31.7 Å². The molecule has 0 radical (unpaired) electrons. The molecule has 0 bridgehead atoms. The summed E-state index contributed by atoms with van der Waals surface area (Å²) in [4.78, 5) is 6.66. The predicted molar refractivity (Wildman–Crippen MR) is 64.4 cm³/mol. The largest absolute Gasteiger partial charge is 0.373 e. The lowest BCUT2D eigenvalue weighted by Gasteiger charge is -2.23. The van der Waals surface area contributed by atoms with Crippen molar-refractivity contribution in [2.45, 2.75) is 19.8 Å². The summed E-state index contributed by atoms with van der Waals surface area (Å²) in [5, 5.41) is 3.08. The van der Waals surface area contributed by atoms with Gasteiger partial charge in [-0.2, -0.15) is 0 Å². The zero-order valence-electron chi connectivity index (χ0n) is 9.53. The van der Waals surface area contributed by atoms with E-state index in [1.54, 1.807) is 0 Å². The van der Waals surface area contributed by atoms with Crippen LogP contribution in [0.15, 0.2) is 18.3 Å². The van der Waals surface area contributed by atoms with E-state index >= 15 is 0 Å². The minimum absolute atomic E-state index is 0.927. The third kappa shape index (κ3) is 2.61. The molecule has 0 aliphatic heterocycles. The highest BCUT2D eigenvalue weighted by Crippen LogP contribution is 2.31. The minimum atomic E-state index is 0.927. The Labute approximate surface area is 91.5 Å². The van der Waals surface area contributed by atoms with E-state index in [-0.39, 0.29) is 0 Å². The molecule has 1 aliphatic carbocycles. The van der Waals surface area contributed by atoms with Crippen molar-refractivity contribution in [1.29, 1.82) is 0 Å². The molecule has 0 unspecified atom stereocenters. The van der Waals surface area contributed by atoms with Crippen molar-refractivity contribution in [3.05, 3.63) is 18.3 Å². The zero-order chi connectivity index (χ0) is 10.7. The van der Waals surface area contributed by atoms with E-state index in [1.165, 1.54) is 25.1 Å². The maximum absolute atomic E-state index is 4.23. The molecule has 2 rings (SSSR count). The van der Waals surface area contributed by atoms with Crippen LogP contribution >= 0.6 is 0 Å². The molecule has 1 aromatic rings. The lowest BCUT2D eigenvalue weighted by molar-refractivity contribution is 0.741. The van der Waals surface area contributed by atoms with E-state index in [4.69, 9.17) is 0 Å². The second-order valence-corrected chi connectivity index (χ2v) is 4.13. The van der Waals surface area contributed by atoms with Crippen molar-refractivity contribution < 1.29 is 0 Å². The first-order chi connectivity index (χ1) is 7.33. The normalized spacial score (nSPS) is 15.1. The molecule has 1 saturated carbocycles. The summed E-state index contributed by atoms with van der Waals surface area (Å²) in [7, 11) is 1.91. The molecular weight excluding hydrogens is 186 g/mol. The van der Waals surface area contributed by atoms with E-state index in [1.807, 2.05) is 13.2 Å². The van der Waals surface area contributed by atoms with Gasteiger partial charge in [0.05, 0.1) is 0 Å². The van der Waals surface area contributed by atoms with E-state index in [2.05, 4.69) is 34.3 Å². The fraction of sp³-hybridized carbons (Fsp3) is 0.583. The molecule has 0 atom stereocenters. The van der Waals surface area contributed by atoms with Gasteiger partial charge in [0.25, 0.3) is 0 Å². The van der Waals surface area contributed by atoms with Crippen LogP contribution in [0.1, 0.15) is 19.8 Å². The van der Waals surface area contributed by atoms with Gasteiger partial charge >= 0.3 is 0 Å². The van der Waals surface area contributed by atoms with Crippen molar-refractivity contribution in [2.75, 3.05) is 30.4 Å². The Kier molecular flexibility index (Phi) is 3.09. The molecule has 3 nitrogen and oxygen atoms in total. The van der Waals surface area contributed by atoms with Crippen LogP contribution in [0.5, 0.6) is 0 Å². The summed E-state index contributed by atoms with van der Waals surface area (Å²) in [6, 6.07) is 4.21. The highest BCUT2D eigenvalue weighted by Gasteiger charge is 2.23. The van der Waals surface area contributed by atoms with Gasteiger partial charge in [-0.3, -0.25) is 0 Å². The summed E-state index contributed by atoms with van der Waals surface area (Å²) in [6.07, 6.45) is 4.68. The molecule has 1 heterocycles. The average Bonchev–Trinajstić information content (AvgIpc) is 3.10. The average molecular weight is 205 g/mol. The van der Waals surface area contributed by atoms with Crippen LogP contribution in [0.25, 0.3) is 0 Å². The fourth-order valence-corrected chi connectivity index (χ4v) is 1.78. The number of aromatic nitrogens is 1. The third-order valence-corrected chi connectivity index (χ3v) is 2.92. The number of anilines is 2. The Balaban J connectivity index is 2.09. The Morgan fingerprint density at radius 3 is 2.93 bits per heavy atom. The van der Waals surface area contributed by atoms with Gasteiger partial charge in [-0.1, -0.05) is 0 Å². The van der Waals surface area contributed by atoms with Crippen molar-refractivity contribution in [2.24, 2.45) is 5.92 Å². The Morgan fingerprint density at radius 1 is 1.53 bits per heavy atom. The summed E-state index contributed by atoms with van der Waals surface area (Å²) >= 11 is 0. The van der Waals surface area contributed by atoms with Crippen molar-refractivity contribution in [3.63, 3.8) is 0 Å². The van der Waals surface area contributed by atoms with Crippen LogP contribution in [-0.4, -0.2) is 25.1 Å². The number of rotatable bonds is 5. The maximum atomic E-state index is 4.23. The first-order valence-corrected chi connectivity index (χ1v) is 5.72. The van der Waals surface area contributed by atoms with Gasteiger partial charge in [0.15, 0.2) is 0 Å². The number of hydrogen-bond acceptors (Lipinski definition) is 3. The van der Waals surface area contributed by atoms with E-state index < -0.39 is 0 Å². The van der Waals surface area contributed by atoms with Crippen LogP contribution in [0.4, 0.5) is 11.5 Å². The first kappa shape index (κ1) is 10.3. The van der Waals surface area contributed by atoms with Gasteiger partial charge in [-0.15, -0.1) is 0 Å². The first-order valence-electron chi connectivity index (χ1n) is 5.72.